The van der Waals surface area contributed by atoms with Gasteiger partial charge in [-0.15, -0.1) is 17.9 Å². The van der Waals surface area contributed by atoms with E-state index in [-0.39, 0.29) is 18.6 Å². The maximum atomic E-state index is 11.8. The quantitative estimate of drug-likeness (QED) is 0.510. The van der Waals surface area contributed by atoms with E-state index in [9.17, 15) is 9.90 Å². The first-order chi connectivity index (χ1) is 9.45. The van der Waals surface area contributed by atoms with Crippen LogP contribution in [-0.2, 0) is 5.60 Å². The zero-order valence-corrected chi connectivity index (χ0v) is 13.0. The molecule has 0 aliphatic carbocycles. The Morgan fingerprint density at radius 2 is 2.40 bits per heavy atom. The Hall–Kier alpha value is -1.33. The van der Waals surface area contributed by atoms with Gasteiger partial charge in [-0.05, 0) is 44.6 Å². The molecule has 112 valence electrons. The van der Waals surface area contributed by atoms with Gasteiger partial charge >= 0.3 is 6.03 Å². The van der Waals surface area contributed by atoms with E-state index in [2.05, 4.69) is 17.2 Å². The molecule has 1 heterocycles. The third-order valence-electron chi connectivity index (χ3n) is 3.07. The van der Waals surface area contributed by atoms with Gasteiger partial charge in [-0.2, -0.15) is 0 Å². The highest BCUT2D eigenvalue weighted by molar-refractivity contribution is 7.10. The van der Waals surface area contributed by atoms with Crippen LogP contribution in [0.3, 0.4) is 0 Å². The molecule has 0 spiro atoms. The molecule has 0 saturated carbocycles. The van der Waals surface area contributed by atoms with Crippen LogP contribution in [0.2, 0.25) is 0 Å². The number of hydrogen-bond donors (Lipinski definition) is 3. The van der Waals surface area contributed by atoms with Crippen LogP contribution in [0.4, 0.5) is 4.79 Å². The normalized spacial score (nSPS) is 15.2. The summed E-state index contributed by atoms with van der Waals surface area (Å²) < 4.78 is 0. The fourth-order valence-corrected chi connectivity index (χ4v) is 2.63. The number of nitrogens with one attached hydrogen (secondary N) is 2. The van der Waals surface area contributed by atoms with E-state index in [1.165, 1.54) is 11.3 Å². The second-order valence-corrected chi connectivity index (χ2v) is 6.15. The number of amides is 2. The first-order valence-corrected chi connectivity index (χ1v) is 7.75. The summed E-state index contributed by atoms with van der Waals surface area (Å²) in [5, 5.41) is 17.8. The van der Waals surface area contributed by atoms with Gasteiger partial charge in [0.15, 0.2) is 0 Å². The molecular weight excluding hydrogens is 272 g/mol. The van der Waals surface area contributed by atoms with Crippen LogP contribution >= 0.6 is 11.3 Å². The van der Waals surface area contributed by atoms with Crippen LogP contribution in [0.25, 0.3) is 0 Å². The molecule has 0 aromatic carbocycles. The van der Waals surface area contributed by atoms with Gasteiger partial charge in [0.05, 0.1) is 6.54 Å². The zero-order valence-electron chi connectivity index (χ0n) is 12.2. The zero-order chi connectivity index (χ0) is 15.0. The molecule has 0 radical (unpaired) electrons. The number of carbonyl (C=O) groups is 1. The first-order valence-electron chi connectivity index (χ1n) is 6.87. The number of hydrogen-bond acceptors (Lipinski definition) is 3. The number of aliphatic hydroxyl groups is 1. The molecule has 3 N–H and O–H groups in total. The van der Waals surface area contributed by atoms with Crippen molar-refractivity contribution in [2.75, 3.05) is 6.54 Å². The van der Waals surface area contributed by atoms with Gasteiger partial charge < -0.3 is 15.7 Å². The van der Waals surface area contributed by atoms with Gasteiger partial charge in [-0.3, -0.25) is 0 Å². The summed E-state index contributed by atoms with van der Waals surface area (Å²) in [5.74, 6) is 0. The summed E-state index contributed by atoms with van der Waals surface area (Å²) >= 11 is 1.48. The van der Waals surface area contributed by atoms with Crippen LogP contribution in [0.1, 0.15) is 38.0 Å². The number of urea groups is 1. The Kier molecular flexibility index (Phi) is 6.75. The van der Waals surface area contributed by atoms with E-state index < -0.39 is 5.60 Å². The highest BCUT2D eigenvalue weighted by Crippen LogP contribution is 2.24. The Balaban J connectivity index is 2.30. The van der Waals surface area contributed by atoms with Crippen LogP contribution < -0.4 is 10.6 Å². The Bertz CT molecular complexity index is 416. The van der Waals surface area contributed by atoms with E-state index in [4.69, 9.17) is 0 Å². The van der Waals surface area contributed by atoms with Crippen LogP contribution in [-0.4, -0.2) is 23.7 Å². The second kappa shape index (κ2) is 8.07. The van der Waals surface area contributed by atoms with Gasteiger partial charge in [-0.1, -0.05) is 12.1 Å². The maximum Gasteiger partial charge on any atom is 0.315 e. The van der Waals surface area contributed by atoms with Crippen molar-refractivity contribution in [3.05, 3.63) is 35.0 Å². The molecule has 0 fully saturated rings. The van der Waals surface area contributed by atoms with Gasteiger partial charge in [0.25, 0.3) is 0 Å². The minimum absolute atomic E-state index is 0.113. The van der Waals surface area contributed by atoms with Crippen molar-refractivity contribution in [1.82, 2.24) is 10.6 Å². The molecule has 2 atom stereocenters. The van der Waals surface area contributed by atoms with Crippen LogP contribution in [0.15, 0.2) is 30.2 Å². The Morgan fingerprint density at radius 3 is 3.00 bits per heavy atom. The summed E-state index contributed by atoms with van der Waals surface area (Å²) in [4.78, 5) is 12.6. The smallest absolute Gasteiger partial charge is 0.315 e. The summed E-state index contributed by atoms with van der Waals surface area (Å²) in [6.07, 6.45) is 4.77. The highest BCUT2D eigenvalue weighted by atomic mass is 32.1. The minimum Gasteiger partial charge on any atom is -0.383 e. The molecule has 4 nitrogen and oxygen atoms in total. The summed E-state index contributed by atoms with van der Waals surface area (Å²) in [7, 11) is 0. The van der Waals surface area contributed by atoms with Crippen molar-refractivity contribution < 1.29 is 9.90 Å². The van der Waals surface area contributed by atoms with Crippen molar-refractivity contribution in [2.45, 2.75) is 44.8 Å². The SMILES string of the molecule is C=CCCCC(C)NC(=O)NCC(C)(O)c1cccs1. The fraction of sp³-hybridized carbons (Fsp3) is 0.533. The third-order valence-corrected chi connectivity index (χ3v) is 4.19. The standard InChI is InChI=1S/C15H24N2O2S/c1-4-5-6-8-12(2)17-14(18)16-11-15(3,19)13-9-7-10-20-13/h4,7,9-10,12,19H,1,5-6,8,11H2,2-3H3,(H2,16,17,18). The van der Waals surface area contributed by atoms with Crippen molar-refractivity contribution in [3.8, 4) is 0 Å². The molecule has 5 heteroatoms. The van der Waals surface area contributed by atoms with Crippen molar-refractivity contribution in [2.24, 2.45) is 0 Å². The van der Waals surface area contributed by atoms with E-state index in [0.29, 0.717) is 0 Å². The van der Waals surface area contributed by atoms with Crippen molar-refractivity contribution in [3.63, 3.8) is 0 Å². The molecule has 1 aromatic rings. The number of carbonyl (C=O) groups excluding carboxylic acids is 1. The van der Waals surface area contributed by atoms with Crippen LogP contribution in [0.5, 0.6) is 0 Å². The largest absolute Gasteiger partial charge is 0.383 e. The van der Waals surface area contributed by atoms with Gasteiger partial charge in [0, 0.05) is 10.9 Å². The Labute approximate surface area is 124 Å². The predicted octanol–water partition coefficient (Wildman–Crippen LogP) is 3.00. The average molecular weight is 296 g/mol. The summed E-state index contributed by atoms with van der Waals surface area (Å²) in [6.45, 7) is 7.54. The van der Waals surface area contributed by atoms with Gasteiger partial charge in [0.2, 0.25) is 0 Å². The first kappa shape index (κ1) is 16.7. The van der Waals surface area contributed by atoms with Crippen molar-refractivity contribution in [1.29, 1.82) is 0 Å². The molecule has 1 aromatic heterocycles. The van der Waals surface area contributed by atoms with E-state index in [0.717, 1.165) is 24.1 Å². The monoisotopic (exact) mass is 296 g/mol. The molecule has 0 saturated heterocycles. The lowest BCUT2D eigenvalue weighted by Crippen LogP contribution is -2.45. The van der Waals surface area contributed by atoms with Gasteiger partial charge in [-0.25, -0.2) is 4.79 Å². The highest BCUT2D eigenvalue weighted by Gasteiger charge is 2.24. The Morgan fingerprint density at radius 1 is 1.65 bits per heavy atom. The number of rotatable bonds is 8. The predicted molar refractivity (Wildman–Crippen MR) is 83.9 cm³/mol. The molecule has 2 amide bonds. The second-order valence-electron chi connectivity index (χ2n) is 5.20. The summed E-state index contributed by atoms with van der Waals surface area (Å²) in [5.41, 5.74) is -1.03. The number of allylic oxidation sites excluding steroid dienone is 1. The number of unbranched alkanes of at least 4 members (excludes halogenated alkanes) is 1. The molecule has 0 bridgehead atoms. The summed E-state index contributed by atoms with van der Waals surface area (Å²) in [6, 6.07) is 3.62. The lowest BCUT2D eigenvalue weighted by Gasteiger charge is -2.23. The van der Waals surface area contributed by atoms with Crippen molar-refractivity contribution >= 4 is 17.4 Å². The molecule has 0 aliphatic rings. The van der Waals surface area contributed by atoms with E-state index >= 15 is 0 Å². The topological polar surface area (TPSA) is 61.4 Å². The minimum atomic E-state index is -1.03. The molecule has 2 unspecified atom stereocenters. The molecule has 20 heavy (non-hydrogen) atoms. The third kappa shape index (κ3) is 5.75. The fourth-order valence-electron chi connectivity index (χ4n) is 1.84. The average Bonchev–Trinajstić information content (AvgIpc) is 2.91. The van der Waals surface area contributed by atoms with E-state index in [1.807, 2.05) is 30.5 Å². The molecule has 0 aliphatic heterocycles. The van der Waals surface area contributed by atoms with Gasteiger partial charge in [0.1, 0.15) is 5.60 Å². The maximum absolute atomic E-state index is 11.8. The van der Waals surface area contributed by atoms with Crippen LogP contribution in [0, 0.1) is 0 Å². The van der Waals surface area contributed by atoms with E-state index in [1.54, 1.807) is 6.92 Å². The lowest BCUT2D eigenvalue weighted by molar-refractivity contribution is 0.0630. The lowest BCUT2D eigenvalue weighted by atomic mass is 10.1. The molecular formula is C15H24N2O2S. The number of thiophene rings is 1. The molecule has 1 rings (SSSR count).